The van der Waals surface area contributed by atoms with Gasteiger partial charge in [-0.2, -0.15) is 0 Å². The van der Waals surface area contributed by atoms with Gasteiger partial charge in [0.1, 0.15) is 5.75 Å². The molecule has 0 spiro atoms. The lowest BCUT2D eigenvalue weighted by atomic mass is 10.1. The third kappa shape index (κ3) is 3.65. The minimum atomic E-state index is -0.384. The van der Waals surface area contributed by atoms with E-state index in [0.29, 0.717) is 13.0 Å². The van der Waals surface area contributed by atoms with Crippen molar-refractivity contribution in [2.75, 3.05) is 6.61 Å². The number of benzene rings is 1. The first-order valence-electron chi connectivity index (χ1n) is 5.12. The van der Waals surface area contributed by atoms with E-state index in [0.717, 1.165) is 17.7 Å². The molecule has 0 radical (unpaired) electrons. The molecule has 0 unspecified atom stereocenters. The van der Waals surface area contributed by atoms with E-state index in [1.807, 2.05) is 31.2 Å². The fraction of sp³-hybridized carbons (Fsp3) is 0.385. The van der Waals surface area contributed by atoms with Crippen LogP contribution in [0.15, 0.2) is 24.3 Å². The number of terminal acetylenes is 1. The Morgan fingerprint density at radius 3 is 2.60 bits per heavy atom. The summed E-state index contributed by atoms with van der Waals surface area (Å²) in [5.41, 5.74) is 0.918. The molecule has 0 saturated carbocycles. The average molecular weight is 204 g/mol. The molecule has 1 atom stereocenters. The predicted octanol–water partition coefficient (Wildman–Crippen LogP) is 2.53. The van der Waals surface area contributed by atoms with Crippen LogP contribution in [0.5, 0.6) is 5.75 Å². The van der Waals surface area contributed by atoms with Crippen LogP contribution < -0.4 is 4.74 Å². The number of ether oxygens (including phenoxy) is 1. The molecule has 1 aromatic rings. The summed E-state index contributed by atoms with van der Waals surface area (Å²) in [4.78, 5) is 0. The van der Waals surface area contributed by atoms with Gasteiger partial charge in [-0.1, -0.05) is 19.1 Å². The second-order valence-electron chi connectivity index (χ2n) is 3.30. The van der Waals surface area contributed by atoms with Crippen molar-refractivity contribution in [1.82, 2.24) is 0 Å². The zero-order chi connectivity index (χ0) is 11.1. The minimum absolute atomic E-state index is 0.384. The molecule has 0 saturated heterocycles. The molecule has 0 aliphatic heterocycles. The normalized spacial score (nSPS) is 11.8. The summed E-state index contributed by atoms with van der Waals surface area (Å²) in [5, 5.41) is 9.57. The van der Waals surface area contributed by atoms with Crippen molar-refractivity contribution >= 4 is 0 Å². The molecule has 1 rings (SSSR count). The van der Waals surface area contributed by atoms with E-state index in [1.165, 1.54) is 0 Å². The molecule has 0 bridgehead atoms. The maximum Gasteiger partial charge on any atom is 0.119 e. The lowest BCUT2D eigenvalue weighted by Crippen LogP contribution is -1.97. The lowest BCUT2D eigenvalue weighted by molar-refractivity contribution is 0.173. The molecular weight excluding hydrogens is 188 g/mol. The Kier molecular flexibility index (Phi) is 4.73. The minimum Gasteiger partial charge on any atom is -0.493 e. The van der Waals surface area contributed by atoms with Gasteiger partial charge in [-0.05, 0) is 24.1 Å². The SMILES string of the molecule is C#CCCOc1ccc([C@H](O)CC)cc1. The summed E-state index contributed by atoms with van der Waals surface area (Å²) in [6.45, 7) is 2.48. The van der Waals surface area contributed by atoms with Crippen LogP contribution in [0.2, 0.25) is 0 Å². The molecule has 1 N–H and O–H groups in total. The molecule has 2 heteroatoms. The van der Waals surface area contributed by atoms with E-state index < -0.39 is 0 Å². The summed E-state index contributed by atoms with van der Waals surface area (Å²) in [7, 11) is 0. The third-order valence-corrected chi connectivity index (χ3v) is 2.17. The van der Waals surface area contributed by atoms with E-state index >= 15 is 0 Å². The Bertz CT molecular complexity index is 321. The van der Waals surface area contributed by atoms with Crippen molar-refractivity contribution in [3.05, 3.63) is 29.8 Å². The Hall–Kier alpha value is -1.46. The molecular formula is C13H16O2. The van der Waals surface area contributed by atoms with Gasteiger partial charge in [-0.15, -0.1) is 12.3 Å². The van der Waals surface area contributed by atoms with Crippen molar-refractivity contribution in [1.29, 1.82) is 0 Å². The lowest BCUT2D eigenvalue weighted by Gasteiger charge is -2.09. The molecule has 0 aliphatic carbocycles. The van der Waals surface area contributed by atoms with Crippen LogP contribution in [0.4, 0.5) is 0 Å². The molecule has 2 nitrogen and oxygen atoms in total. The van der Waals surface area contributed by atoms with Crippen LogP contribution >= 0.6 is 0 Å². The van der Waals surface area contributed by atoms with Crippen LogP contribution in [0.1, 0.15) is 31.4 Å². The van der Waals surface area contributed by atoms with E-state index in [-0.39, 0.29) is 6.10 Å². The number of rotatable bonds is 5. The summed E-state index contributed by atoms with van der Waals surface area (Å²) >= 11 is 0. The van der Waals surface area contributed by atoms with Gasteiger partial charge in [0, 0.05) is 6.42 Å². The summed E-state index contributed by atoms with van der Waals surface area (Å²) in [6, 6.07) is 7.45. The van der Waals surface area contributed by atoms with Crippen molar-refractivity contribution in [3.8, 4) is 18.1 Å². The molecule has 1 aromatic carbocycles. The maximum absolute atomic E-state index is 9.57. The highest BCUT2D eigenvalue weighted by molar-refractivity contribution is 5.28. The average Bonchev–Trinajstić information content (AvgIpc) is 2.29. The Morgan fingerprint density at radius 2 is 2.07 bits per heavy atom. The standard InChI is InChI=1S/C13H16O2/c1-3-5-10-15-12-8-6-11(7-9-12)13(14)4-2/h1,6-9,13-14H,4-5,10H2,2H3/t13-/m1/s1. The highest BCUT2D eigenvalue weighted by Gasteiger charge is 2.03. The van der Waals surface area contributed by atoms with Gasteiger partial charge >= 0.3 is 0 Å². The summed E-state index contributed by atoms with van der Waals surface area (Å²) < 4.78 is 5.39. The molecule has 15 heavy (non-hydrogen) atoms. The van der Waals surface area contributed by atoms with Crippen LogP contribution in [0.25, 0.3) is 0 Å². The maximum atomic E-state index is 9.57. The fourth-order valence-electron chi connectivity index (χ4n) is 1.25. The first kappa shape index (κ1) is 11.6. The topological polar surface area (TPSA) is 29.5 Å². The smallest absolute Gasteiger partial charge is 0.119 e. The van der Waals surface area contributed by atoms with Crippen molar-refractivity contribution in [2.24, 2.45) is 0 Å². The molecule has 80 valence electrons. The third-order valence-electron chi connectivity index (χ3n) is 2.17. The van der Waals surface area contributed by atoms with Crippen molar-refractivity contribution in [2.45, 2.75) is 25.9 Å². The zero-order valence-electron chi connectivity index (χ0n) is 8.94. The van der Waals surface area contributed by atoms with Crippen LogP contribution in [-0.4, -0.2) is 11.7 Å². The van der Waals surface area contributed by atoms with E-state index in [1.54, 1.807) is 0 Å². The Morgan fingerprint density at radius 1 is 1.40 bits per heavy atom. The van der Waals surface area contributed by atoms with E-state index in [9.17, 15) is 5.11 Å². The van der Waals surface area contributed by atoms with Crippen LogP contribution in [0, 0.1) is 12.3 Å². The monoisotopic (exact) mass is 204 g/mol. The van der Waals surface area contributed by atoms with Crippen molar-refractivity contribution in [3.63, 3.8) is 0 Å². The second kappa shape index (κ2) is 6.10. The summed E-state index contributed by atoms with van der Waals surface area (Å²) in [6.07, 6.45) is 6.06. The fourth-order valence-corrected chi connectivity index (χ4v) is 1.25. The molecule has 0 aliphatic rings. The quantitative estimate of drug-likeness (QED) is 0.590. The first-order valence-corrected chi connectivity index (χ1v) is 5.12. The Labute approximate surface area is 90.9 Å². The highest BCUT2D eigenvalue weighted by Crippen LogP contribution is 2.19. The number of aliphatic hydroxyl groups is 1. The van der Waals surface area contributed by atoms with Crippen molar-refractivity contribution < 1.29 is 9.84 Å². The van der Waals surface area contributed by atoms with Gasteiger partial charge in [0.05, 0.1) is 12.7 Å². The molecule has 0 amide bonds. The summed E-state index contributed by atoms with van der Waals surface area (Å²) in [5.74, 6) is 3.30. The number of aliphatic hydroxyl groups excluding tert-OH is 1. The van der Waals surface area contributed by atoms with Crippen LogP contribution in [0.3, 0.4) is 0 Å². The second-order valence-corrected chi connectivity index (χ2v) is 3.30. The van der Waals surface area contributed by atoms with Crippen LogP contribution in [-0.2, 0) is 0 Å². The van der Waals surface area contributed by atoms with Gasteiger partial charge in [0.25, 0.3) is 0 Å². The predicted molar refractivity (Wildman–Crippen MR) is 60.6 cm³/mol. The van der Waals surface area contributed by atoms with E-state index in [2.05, 4.69) is 5.92 Å². The Balaban J connectivity index is 2.53. The first-order chi connectivity index (χ1) is 7.27. The number of hydrogen-bond donors (Lipinski definition) is 1. The number of hydrogen-bond acceptors (Lipinski definition) is 2. The van der Waals surface area contributed by atoms with Gasteiger partial charge < -0.3 is 9.84 Å². The molecule has 0 heterocycles. The van der Waals surface area contributed by atoms with Gasteiger partial charge in [0.2, 0.25) is 0 Å². The zero-order valence-corrected chi connectivity index (χ0v) is 8.94. The van der Waals surface area contributed by atoms with Gasteiger partial charge in [0.15, 0.2) is 0 Å². The molecule has 0 fully saturated rings. The molecule has 0 aromatic heterocycles. The highest BCUT2D eigenvalue weighted by atomic mass is 16.5. The largest absolute Gasteiger partial charge is 0.493 e. The van der Waals surface area contributed by atoms with Gasteiger partial charge in [-0.3, -0.25) is 0 Å². The van der Waals surface area contributed by atoms with E-state index in [4.69, 9.17) is 11.2 Å². The van der Waals surface area contributed by atoms with Gasteiger partial charge in [-0.25, -0.2) is 0 Å².